The predicted molar refractivity (Wildman–Crippen MR) is 71.5 cm³/mol. The van der Waals surface area contributed by atoms with Crippen molar-refractivity contribution in [2.45, 2.75) is 12.8 Å². The molecule has 5 heteroatoms. The first-order valence-corrected chi connectivity index (χ1v) is 6.51. The van der Waals surface area contributed by atoms with Crippen molar-refractivity contribution in [2.24, 2.45) is 5.92 Å². The van der Waals surface area contributed by atoms with Crippen LogP contribution in [-0.4, -0.2) is 45.5 Å². The Kier molecular flexibility index (Phi) is 2.98. The molecule has 5 nitrogen and oxygen atoms in total. The lowest BCUT2D eigenvalue weighted by atomic mass is 10.0. The van der Waals surface area contributed by atoms with E-state index in [-0.39, 0.29) is 5.56 Å². The van der Waals surface area contributed by atoms with Crippen LogP contribution in [0.25, 0.3) is 5.65 Å². The van der Waals surface area contributed by atoms with Crippen LogP contribution in [0, 0.1) is 5.92 Å². The second-order valence-corrected chi connectivity index (χ2v) is 5.34. The highest BCUT2D eigenvalue weighted by Crippen LogP contribution is 2.19. The van der Waals surface area contributed by atoms with Gasteiger partial charge in [0, 0.05) is 18.9 Å². The zero-order chi connectivity index (χ0) is 13.4. The lowest BCUT2D eigenvalue weighted by Gasteiger charge is -2.07. The van der Waals surface area contributed by atoms with Crippen LogP contribution in [0.4, 0.5) is 0 Å². The summed E-state index contributed by atoms with van der Waals surface area (Å²) in [5, 5.41) is 8.97. The van der Waals surface area contributed by atoms with Crippen molar-refractivity contribution >= 4 is 11.6 Å². The van der Waals surface area contributed by atoms with Gasteiger partial charge in [-0.05, 0) is 44.5 Å². The van der Waals surface area contributed by atoms with Gasteiger partial charge in [0.05, 0.1) is 11.3 Å². The van der Waals surface area contributed by atoms with Crippen molar-refractivity contribution in [3.63, 3.8) is 0 Å². The van der Waals surface area contributed by atoms with E-state index in [1.165, 1.54) is 6.42 Å². The second-order valence-electron chi connectivity index (χ2n) is 5.34. The summed E-state index contributed by atoms with van der Waals surface area (Å²) in [6.07, 6.45) is 5.94. The Labute approximate surface area is 111 Å². The first kappa shape index (κ1) is 12.2. The molecule has 0 amide bonds. The zero-order valence-corrected chi connectivity index (χ0v) is 10.9. The minimum Gasteiger partial charge on any atom is -0.478 e. The molecule has 3 heterocycles. The summed E-state index contributed by atoms with van der Waals surface area (Å²) < 4.78 is 1.89. The Morgan fingerprint density at radius 3 is 3.11 bits per heavy atom. The number of likely N-dealkylation sites (tertiary alicyclic amines) is 1. The van der Waals surface area contributed by atoms with Gasteiger partial charge in [-0.25, -0.2) is 9.78 Å². The molecule has 1 atom stereocenters. The Bertz CT molecular complexity index is 620. The third-order valence-electron chi connectivity index (χ3n) is 3.74. The SMILES string of the molecule is CN1CCC(Cc2cn3ccc(C(=O)O)cc3n2)C1. The number of fused-ring (bicyclic) bond motifs is 1. The Morgan fingerprint density at radius 2 is 2.42 bits per heavy atom. The number of carbonyl (C=O) groups is 1. The molecule has 0 aliphatic carbocycles. The molecule has 0 saturated carbocycles. The van der Waals surface area contributed by atoms with E-state index in [1.807, 2.05) is 10.6 Å². The molecule has 3 rings (SSSR count). The molecule has 1 fully saturated rings. The van der Waals surface area contributed by atoms with Crippen molar-refractivity contribution in [2.75, 3.05) is 20.1 Å². The predicted octanol–water partition coefficient (Wildman–Crippen LogP) is 1.53. The molecule has 2 aromatic heterocycles. The Hall–Kier alpha value is -1.88. The van der Waals surface area contributed by atoms with Crippen LogP contribution < -0.4 is 0 Å². The summed E-state index contributed by atoms with van der Waals surface area (Å²) in [6, 6.07) is 3.22. The molecule has 19 heavy (non-hydrogen) atoms. The molecule has 100 valence electrons. The van der Waals surface area contributed by atoms with Gasteiger partial charge >= 0.3 is 5.97 Å². The van der Waals surface area contributed by atoms with Gasteiger partial charge in [-0.15, -0.1) is 0 Å². The van der Waals surface area contributed by atoms with E-state index in [9.17, 15) is 4.79 Å². The van der Waals surface area contributed by atoms with Gasteiger partial charge in [0.15, 0.2) is 0 Å². The van der Waals surface area contributed by atoms with E-state index < -0.39 is 5.97 Å². The van der Waals surface area contributed by atoms with Gasteiger partial charge in [0.1, 0.15) is 5.65 Å². The highest BCUT2D eigenvalue weighted by molar-refractivity contribution is 5.88. The largest absolute Gasteiger partial charge is 0.478 e. The van der Waals surface area contributed by atoms with Crippen LogP contribution in [0.2, 0.25) is 0 Å². The van der Waals surface area contributed by atoms with Crippen molar-refractivity contribution in [3.05, 3.63) is 35.8 Å². The van der Waals surface area contributed by atoms with Crippen LogP contribution in [0.5, 0.6) is 0 Å². The highest BCUT2D eigenvalue weighted by Gasteiger charge is 2.20. The first-order chi connectivity index (χ1) is 9.11. The summed E-state index contributed by atoms with van der Waals surface area (Å²) in [6.45, 7) is 2.27. The average molecular weight is 259 g/mol. The molecule has 0 bridgehead atoms. The number of aromatic nitrogens is 2. The molecule has 0 aromatic carbocycles. The quantitative estimate of drug-likeness (QED) is 0.908. The number of carboxylic acids is 1. The third-order valence-corrected chi connectivity index (χ3v) is 3.74. The standard InChI is InChI=1S/C14H17N3O2/c1-16-4-2-10(8-16)6-12-9-17-5-3-11(14(18)19)7-13(17)15-12/h3,5,7,9-10H,2,4,6,8H2,1H3,(H,18,19). The molecule has 0 radical (unpaired) electrons. The third kappa shape index (κ3) is 2.46. The highest BCUT2D eigenvalue weighted by atomic mass is 16.4. The second kappa shape index (κ2) is 4.66. The van der Waals surface area contributed by atoms with Gasteiger partial charge in [-0.2, -0.15) is 0 Å². The van der Waals surface area contributed by atoms with E-state index in [1.54, 1.807) is 18.3 Å². The number of imidazole rings is 1. The van der Waals surface area contributed by atoms with Gasteiger partial charge < -0.3 is 14.4 Å². The van der Waals surface area contributed by atoms with E-state index >= 15 is 0 Å². The summed E-state index contributed by atoms with van der Waals surface area (Å²) in [4.78, 5) is 17.8. The summed E-state index contributed by atoms with van der Waals surface area (Å²) in [5.41, 5.74) is 2.04. The van der Waals surface area contributed by atoms with Crippen LogP contribution in [0.15, 0.2) is 24.5 Å². The molecule has 1 aliphatic heterocycles. The molecule has 1 N–H and O–H groups in total. The smallest absolute Gasteiger partial charge is 0.335 e. The van der Waals surface area contributed by atoms with Crippen molar-refractivity contribution in [1.82, 2.24) is 14.3 Å². The summed E-state index contributed by atoms with van der Waals surface area (Å²) >= 11 is 0. The fourth-order valence-electron chi connectivity index (χ4n) is 2.75. The number of rotatable bonds is 3. The molecular weight excluding hydrogens is 242 g/mol. The number of nitrogens with zero attached hydrogens (tertiary/aromatic N) is 3. The van der Waals surface area contributed by atoms with Gasteiger partial charge in [0.2, 0.25) is 0 Å². The molecule has 1 saturated heterocycles. The summed E-state index contributed by atoms with van der Waals surface area (Å²) in [7, 11) is 2.14. The molecule has 0 spiro atoms. The topological polar surface area (TPSA) is 57.8 Å². The van der Waals surface area contributed by atoms with E-state index in [0.29, 0.717) is 11.6 Å². The fraction of sp³-hybridized carbons (Fsp3) is 0.429. The maximum Gasteiger partial charge on any atom is 0.335 e. The Balaban J connectivity index is 1.83. The number of carboxylic acid groups (broad SMARTS) is 1. The van der Waals surface area contributed by atoms with Gasteiger partial charge in [0.25, 0.3) is 0 Å². The van der Waals surface area contributed by atoms with Crippen LogP contribution in [-0.2, 0) is 6.42 Å². The number of hydrogen-bond donors (Lipinski definition) is 1. The Morgan fingerprint density at radius 1 is 1.58 bits per heavy atom. The molecular formula is C14H17N3O2. The maximum absolute atomic E-state index is 10.9. The van der Waals surface area contributed by atoms with Crippen LogP contribution in [0.1, 0.15) is 22.5 Å². The monoisotopic (exact) mass is 259 g/mol. The first-order valence-electron chi connectivity index (χ1n) is 6.51. The number of pyridine rings is 1. The number of hydrogen-bond acceptors (Lipinski definition) is 3. The number of aromatic carboxylic acids is 1. The van der Waals surface area contributed by atoms with Crippen molar-refractivity contribution in [1.29, 1.82) is 0 Å². The van der Waals surface area contributed by atoms with Gasteiger partial charge in [-0.3, -0.25) is 0 Å². The van der Waals surface area contributed by atoms with Gasteiger partial charge in [-0.1, -0.05) is 0 Å². The lowest BCUT2D eigenvalue weighted by molar-refractivity contribution is 0.0697. The van der Waals surface area contributed by atoms with Crippen LogP contribution >= 0.6 is 0 Å². The van der Waals surface area contributed by atoms with Crippen molar-refractivity contribution < 1.29 is 9.90 Å². The zero-order valence-electron chi connectivity index (χ0n) is 10.9. The van der Waals surface area contributed by atoms with E-state index in [2.05, 4.69) is 16.9 Å². The minimum absolute atomic E-state index is 0.283. The van der Waals surface area contributed by atoms with E-state index in [0.717, 1.165) is 25.2 Å². The minimum atomic E-state index is -0.913. The molecule has 1 unspecified atom stereocenters. The lowest BCUT2D eigenvalue weighted by Crippen LogP contribution is -2.15. The molecule has 1 aliphatic rings. The fourth-order valence-corrected chi connectivity index (χ4v) is 2.75. The van der Waals surface area contributed by atoms with Crippen molar-refractivity contribution in [3.8, 4) is 0 Å². The maximum atomic E-state index is 10.9. The summed E-state index contributed by atoms with van der Waals surface area (Å²) in [5.74, 6) is -0.252. The average Bonchev–Trinajstić information content (AvgIpc) is 2.94. The van der Waals surface area contributed by atoms with E-state index in [4.69, 9.17) is 5.11 Å². The van der Waals surface area contributed by atoms with Crippen LogP contribution in [0.3, 0.4) is 0 Å². The normalized spacial score (nSPS) is 20.2. The molecule has 2 aromatic rings.